The van der Waals surface area contributed by atoms with Gasteiger partial charge in [-0.2, -0.15) is 5.10 Å². The molecule has 124 valence electrons. The molecule has 0 saturated carbocycles. The smallest absolute Gasteiger partial charge is 0.319 e. The summed E-state index contributed by atoms with van der Waals surface area (Å²) in [5.74, 6) is -0.481. The van der Waals surface area contributed by atoms with Crippen LogP contribution in [0.5, 0.6) is 0 Å². The first kappa shape index (κ1) is 17.5. The van der Waals surface area contributed by atoms with Crippen LogP contribution in [-0.2, 0) is 13.0 Å². The van der Waals surface area contributed by atoms with Gasteiger partial charge in [0.2, 0.25) is 0 Å². The highest BCUT2D eigenvalue weighted by molar-refractivity contribution is 9.10. The Labute approximate surface area is 143 Å². The highest BCUT2D eigenvalue weighted by Crippen LogP contribution is 2.19. The number of carbonyl (C=O) groups excluding carboxylic acids is 1. The number of urea groups is 1. The summed E-state index contributed by atoms with van der Waals surface area (Å²) in [4.78, 5) is 11.8. The summed E-state index contributed by atoms with van der Waals surface area (Å²) in [6.45, 7) is 7.31. The lowest BCUT2D eigenvalue weighted by molar-refractivity contribution is 0.252. The molecule has 0 radical (unpaired) electrons. The van der Waals surface area contributed by atoms with E-state index in [4.69, 9.17) is 0 Å². The maximum absolute atomic E-state index is 13.7. The summed E-state index contributed by atoms with van der Waals surface area (Å²) in [6.07, 6.45) is 0.688. The van der Waals surface area contributed by atoms with Crippen LogP contribution in [0.25, 0.3) is 0 Å². The number of nitrogens with one attached hydrogen (secondary N) is 2. The number of halogens is 2. The highest BCUT2D eigenvalue weighted by atomic mass is 79.9. The third-order valence-corrected chi connectivity index (χ3v) is 4.16. The monoisotopic (exact) mass is 382 g/mol. The van der Waals surface area contributed by atoms with Gasteiger partial charge >= 0.3 is 6.03 Å². The van der Waals surface area contributed by atoms with Crippen molar-refractivity contribution >= 4 is 27.6 Å². The van der Waals surface area contributed by atoms with Gasteiger partial charge in [0.25, 0.3) is 0 Å². The number of benzene rings is 1. The summed E-state index contributed by atoms with van der Waals surface area (Å²) >= 11 is 3.18. The number of anilines is 1. The maximum atomic E-state index is 13.7. The van der Waals surface area contributed by atoms with Crippen molar-refractivity contribution in [3.05, 3.63) is 45.4 Å². The maximum Gasteiger partial charge on any atom is 0.319 e. The molecule has 0 atom stereocenters. The van der Waals surface area contributed by atoms with Crippen LogP contribution >= 0.6 is 15.9 Å². The Morgan fingerprint density at radius 3 is 2.74 bits per heavy atom. The van der Waals surface area contributed by atoms with Crippen molar-refractivity contribution in [1.29, 1.82) is 0 Å². The Kier molecular flexibility index (Phi) is 5.76. The molecule has 5 nitrogen and oxygen atoms in total. The van der Waals surface area contributed by atoms with E-state index in [2.05, 4.69) is 31.7 Å². The van der Waals surface area contributed by atoms with Gasteiger partial charge in [-0.15, -0.1) is 0 Å². The molecule has 0 aliphatic carbocycles. The Hall–Kier alpha value is -1.89. The van der Waals surface area contributed by atoms with Crippen LogP contribution in [0, 0.1) is 19.7 Å². The molecular formula is C16H20BrFN4O. The number of aryl methyl sites for hydroxylation is 2. The second-order valence-corrected chi connectivity index (χ2v) is 6.14. The third-order valence-electron chi connectivity index (χ3n) is 3.67. The molecule has 0 fully saturated rings. The second-order valence-electron chi connectivity index (χ2n) is 5.22. The number of amides is 2. The van der Waals surface area contributed by atoms with Gasteiger partial charge in [0, 0.05) is 23.3 Å². The van der Waals surface area contributed by atoms with Gasteiger partial charge in [0.15, 0.2) is 0 Å². The summed E-state index contributed by atoms with van der Waals surface area (Å²) < 4.78 is 16.2. The standard InChI is InChI=1S/C16H20BrFN4O/c1-4-22-11(3)13(10(2)21-22)7-8-19-16(23)20-15-6-5-12(17)9-14(15)18/h5-6,9H,4,7-8H2,1-3H3,(H2,19,20,23). The number of rotatable bonds is 5. The molecule has 0 saturated heterocycles. The van der Waals surface area contributed by atoms with E-state index in [0.29, 0.717) is 17.4 Å². The minimum atomic E-state index is -0.481. The van der Waals surface area contributed by atoms with Crippen LogP contribution in [0.2, 0.25) is 0 Å². The molecule has 1 aromatic carbocycles. The normalized spacial score (nSPS) is 10.7. The minimum absolute atomic E-state index is 0.150. The highest BCUT2D eigenvalue weighted by Gasteiger charge is 2.11. The zero-order valence-electron chi connectivity index (χ0n) is 13.4. The van der Waals surface area contributed by atoms with Gasteiger partial charge < -0.3 is 10.6 Å². The first-order valence-electron chi connectivity index (χ1n) is 7.45. The lowest BCUT2D eigenvalue weighted by atomic mass is 10.1. The number of hydrogen-bond donors (Lipinski definition) is 2. The Morgan fingerprint density at radius 1 is 1.39 bits per heavy atom. The largest absolute Gasteiger partial charge is 0.338 e. The number of nitrogens with zero attached hydrogens (tertiary/aromatic N) is 2. The lowest BCUT2D eigenvalue weighted by Crippen LogP contribution is -2.30. The van der Waals surface area contributed by atoms with Crippen molar-refractivity contribution in [2.75, 3.05) is 11.9 Å². The SMILES string of the molecule is CCn1nc(C)c(CCNC(=O)Nc2ccc(Br)cc2F)c1C. The summed E-state index contributed by atoms with van der Waals surface area (Å²) in [6, 6.07) is 4.06. The molecule has 2 amide bonds. The van der Waals surface area contributed by atoms with Crippen LogP contribution in [0.4, 0.5) is 14.9 Å². The fourth-order valence-corrected chi connectivity index (χ4v) is 2.80. The van der Waals surface area contributed by atoms with Crippen molar-refractivity contribution in [2.45, 2.75) is 33.7 Å². The molecule has 23 heavy (non-hydrogen) atoms. The predicted molar refractivity (Wildman–Crippen MR) is 92.2 cm³/mol. The van der Waals surface area contributed by atoms with E-state index in [-0.39, 0.29) is 5.69 Å². The molecule has 1 heterocycles. The van der Waals surface area contributed by atoms with E-state index in [0.717, 1.165) is 23.5 Å². The second kappa shape index (κ2) is 7.59. The van der Waals surface area contributed by atoms with E-state index in [9.17, 15) is 9.18 Å². The topological polar surface area (TPSA) is 59.0 Å². The van der Waals surface area contributed by atoms with Crippen molar-refractivity contribution < 1.29 is 9.18 Å². The summed E-state index contributed by atoms with van der Waals surface area (Å²) in [5.41, 5.74) is 3.38. The molecule has 7 heteroatoms. The van der Waals surface area contributed by atoms with Gasteiger partial charge in [-0.25, -0.2) is 9.18 Å². The first-order chi connectivity index (χ1) is 10.9. The molecule has 0 spiro atoms. The molecule has 0 bridgehead atoms. The predicted octanol–water partition coefficient (Wildman–Crippen LogP) is 3.79. The van der Waals surface area contributed by atoms with Gasteiger partial charge in [-0.05, 0) is 51.0 Å². The molecule has 2 N–H and O–H groups in total. The van der Waals surface area contributed by atoms with E-state index in [1.54, 1.807) is 6.07 Å². The molecule has 1 aromatic heterocycles. The Balaban J connectivity index is 1.89. The lowest BCUT2D eigenvalue weighted by Gasteiger charge is -2.09. The van der Waals surface area contributed by atoms with Crippen LogP contribution < -0.4 is 10.6 Å². The minimum Gasteiger partial charge on any atom is -0.338 e. The van der Waals surface area contributed by atoms with Gasteiger partial charge in [-0.1, -0.05) is 15.9 Å². The van der Waals surface area contributed by atoms with E-state index < -0.39 is 11.8 Å². The van der Waals surface area contributed by atoms with Crippen molar-refractivity contribution in [2.24, 2.45) is 0 Å². The van der Waals surface area contributed by atoms with E-state index in [1.165, 1.54) is 12.1 Å². The van der Waals surface area contributed by atoms with Crippen molar-refractivity contribution in [1.82, 2.24) is 15.1 Å². The zero-order chi connectivity index (χ0) is 17.0. The quantitative estimate of drug-likeness (QED) is 0.826. The average molecular weight is 383 g/mol. The van der Waals surface area contributed by atoms with Gasteiger partial charge in [0.05, 0.1) is 11.4 Å². The van der Waals surface area contributed by atoms with Gasteiger partial charge in [-0.3, -0.25) is 4.68 Å². The summed E-state index contributed by atoms with van der Waals surface area (Å²) in [5, 5.41) is 9.69. The number of carbonyl (C=O) groups is 1. The number of aromatic nitrogens is 2. The van der Waals surface area contributed by atoms with Crippen molar-refractivity contribution in [3.8, 4) is 0 Å². The zero-order valence-corrected chi connectivity index (χ0v) is 15.0. The Bertz CT molecular complexity index is 714. The molecule has 2 rings (SSSR count). The molecular weight excluding hydrogens is 363 g/mol. The number of hydrogen-bond acceptors (Lipinski definition) is 2. The third kappa shape index (κ3) is 4.31. The Morgan fingerprint density at radius 2 is 2.13 bits per heavy atom. The van der Waals surface area contributed by atoms with Crippen molar-refractivity contribution in [3.63, 3.8) is 0 Å². The van der Waals surface area contributed by atoms with Crippen LogP contribution in [-0.4, -0.2) is 22.4 Å². The van der Waals surface area contributed by atoms with Crippen LogP contribution in [0.3, 0.4) is 0 Å². The van der Waals surface area contributed by atoms with E-state index >= 15 is 0 Å². The molecule has 0 aliphatic rings. The van der Waals surface area contributed by atoms with Crippen LogP contribution in [0.1, 0.15) is 23.9 Å². The van der Waals surface area contributed by atoms with Gasteiger partial charge in [0.1, 0.15) is 5.82 Å². The molecule has 0 unspecified atom stereocenters. The molecule has 0 aliphatic heterocycles. The first-order valence-corrected chi connectivity index (χ1v) is 8.24. The molecule has 2 aromatic rings. The fourth-order valence-electron chi connectivity index (χ4n) is 2.46. The average Bonchev–Trinajstić information content (AvgIpc) is 2.77. The summed E-state index contributed by atoms with van der Waals surface area (Å²) in [7, 11) is 0. The van der Waals surface area contributed by atoms with E-state index in [1.807, 2.05) is 25.5 Å². The fraction of sp³-hybridized carbons (Fsp3) is 0.375. The van der Waals surface area contributed by atoms with Crippen LogP contribution in [0.15, 0.2) is 22.7 Å².